The molecule has 2 bridgehead atoms. The van der Waals surface area contributed by atoms with Gasteiger partial charge in [-0.15, -0.1) is 0 Å². The number of fused-ring (bicyclic) bond motifs is 2. The summed E-state index contributed by atoms with van der Waals surface area (Å²) in [6, 6.07) is 7.62. The normalized spacial score (nSPS) is 26.0. The van der Waals surface area contributed by atoms with Crippen molar-refractivity contribution in [2.45, 2.75) is 57.2 Å². The van der Waals surface area contributed by atoms with Crippen molar-refractivity contribution in [1.29, 1.82) is 0 Å². The van der Waals surface area contributed by atoms with Gasteiger partial charge in [0.05, 0.1) is 6.33 Å². The fraction of sp³-hybridized carbons (Fsp3) is 0.500. The van der Waals surface area contributed by atoms with E-state index in [1.54, 1.807) is 36.8 Å². The number of hydrogen-bond acceptors (Lipinski definition) is 4. The molecule has 0 radical (unpaired) electrons. The summed E-state index contributed by atoms with van der Waals surface area (Å²) in [7, 11) is 0. The number of amides is 2. The number of hydrogen-bond donors (Lipinski definition) is 3. The van der Waals surface area contributed by atoms with Gasteiger partial charge in [-0.1, -0.05) is 12.5 Å². The highest BCUT2D eigenvalue weighted by atomic mass is 16.2. The number of benzene rings is 1. The van der Waals surface area contributed by atoms with Gasteiger partial charge in [-0.05, 0) is 55.7 Å². The average molecular weight is 396 g/mol. The lowest BCUT2D eigenvalue weighted by Gasteiger charge is -2.45. The Morgan fingerprint density at radius 2 is 2.00 bits per heavy atom. The zero-order valence-corrected chi connectivity index (χ0v) is 16.6. The van der Waals surface area contributed by atoms with Crippen LogP contribution in [0.1, 0.15) is 48.9 Å². The lowest BCUT2D eigenvalue weighted by molar-refractivity contribution is -0.116. The molecule has 2 amide bonds. The Morgan fingerprint density at radius 3 is 2.72 bits per heavy atom. The number of carbonyl (C=O) groups is 2. The first-order valence-corrected chi connectivity index (χ1v) is 10.5. The highest BCUT2D eigenvalue weighted by molar-refractivity contribution is 5.97. The van der Waals surface area contributed by atoms with Crippen LogP contribution in [-0.4, -0.2) is 33.4 Å². The number of aromatic nitrogens is 2. The molecule has 2 unspecified atom stereocenters. The molecule has 2 aliphatic rings. The molecule has 29 heavy (non-hydrogen) atoms. The molecule has 2 aliphatic carbocycles. The summed E-state index contributed by atoms with van der Waals surface area (Å²) in [5.74, 6) is 0.795. The SMILES string of the molecule is NC1CC2CCCC(C1)C2NC(=O)c1cccc(NC(=O)CCn2ccnc2)c1. The first kappa shape index (κ1) is 19.6. The van der Waals surface area contributed by atoms with Crippen LogP contribution in [0.25, 0.3) is 0 Å². The molecule has 0 saturated heterocycles. The number of nitrogens with zero attached hydrogens (tertiary/aromatic N) is 2. The van der Waals surface area contributed by atoms with Crippen LogP contribution < -0.4 is 16.4 Å². The standard InChI is InChI=1S/C22H29N5O2/c23-18-11-15-3-1-4-16(12-18)21(15)26-22(29)17-5-2-6-19(13-17)25-20(28)7-9-27-10-8-24-14-27/h2,5-6,8,10,13-16,18,21H,1,3-4,7,9,11-12,23H2,(H,25,28)(H,26,29). The molecule has 4 rings (SSSR count). The number of nitrogens with one attached hydrogen (secondary N) is 2. The van der Waals surface area contributed by atoms with Crippen molar-refractivity contribution >= 4 is 17.5 Å². The minimum absolute atomic E-state index is 0.0723. The van der Waals surface area contributed by atoms with Gasteiger partial charge in [-0.3, -0.25) is 9.59 Å². The number of rotatable bonds is 6. The Morgan fingerprint density at radius 1 is 1.21 bits per heavy atom. The van der Waals surface area contributed by atoms with Crippen molar-refractivity contribution in [3.63, 3.8) is 0 Å². The number of carbonyl (C=O) groups excluding carboxylic acids is 2. The van der Waals surface area contributed by atoms with Crippen LogP contribution >= 0.6 is 0 Å². The third-order valence-corrected chi connectivity index (χ3v) is 6.24. The zero-order valence-electron chi connectivity index (χ0n) is 16.6. The molecule has 2 aromatic rings. The first-order valence-electron chi connectivity index (χ1n) is 10.5. The first-order chi connectivity index (χ1) is 14.1. The molecule has 7 nitrogen and oxygen atoms in total. The Hall–Kier alpha value is -2.67. The Labute approximate surface area is 171 Å². The highest BCUT2D eigenvalue weighted by Crippen LogP contribution is 2.39. The summed E-state index contributed by atoms with van der Waals surface area (Å²) >= 11 is 0. The van der Waals surface area contributed by atoms with Crippen LogP contribution in [0.15, 0.2) is 43.0 Å². The minimum atomic E-state index is -0.0907. The van der Waals surface area contributed by atoms with E-state index in [9.17, 15) is 9.59 Å². The molecule has 2 saturated carbocycles. The summed E-state index contributed by atoms with van der Waals surface area (Å²) in [4.78, 5) is 29.1. The maximum atomic E-state index is 12.9. The third kappa shape index (κ3) is 4.85. The van der Waals surface area contributed by atoms with Crippen LogP contribution in [0, 0.1) is 11.8 Å². The Kier molecular flexibility index (Phi) is 5.94. The predicted molar refractivity (Wildman–Crippen MR) is 111 cm³/mol. The van der Waals surface area contributed by atoms with Gasteiger partial charge in [0.2, 0.25) is 5.91 Å². The summed E-state index contributed by atoms with van der Waals surface area (Å²) in [5, 5.41) is 6.14. The van der Waals surface area contributed by atoms with Crippen molar-refractivity contribution in [1.82, 2.24) is 14.9 Å². The van der Waals surface area contributed by atoms with Crippen molar-refractivity contribution in [2.75, 3.05) is 5.32 Å². The predicted octanol–water partition coefficient (Wildman–Crippen LogP) is 2.55. The van der Waals surface area contributed by atoms with Gasteiger partial charge in [-0.25, -0.2) is 4.98 Å². The molecule has 4 N–H and O–H groups in total. The summed E-state index contributed by atoms with van der Waals surface area (Å²) in [6.45, 7) is 0.568. The second-order valence-corrected chi connectivity index (χ2v) is 8.36. The van der Waals surface area contributed by atoms with Gasteiger partial charge in [0, 0.05) is 48.7 Å². The molecule has 154 valence electrons. The monoisotopic (exact) mass is 395 g/mol. The molecule has 2 atom stereocenters. The molecule has 0 spiro atoms. The van der Waals surface area contributed by atoms with E-state index < -0.39 is 0 Å². The Balaban J connectivity index is 1.35. The van der Waals surface area contributed by atoms with Gasteiger partial charge in [0.1, 0.15) is 0 Å². The van der Waals surface area contributed by atoms with Crippen LogP contribution in [0.5, 0.6) is 0 Å². The summed E-state index contributed by atoms with van der Waals surface area (Å²) in [6.07, 6.45) is 11.0. The molecule has 0 aliphatic heterocycles. The van der Waals surface area contributed by atoms with E-state index in [4.69, 9.17) is 5.73 Å². The van der Waals surface area contributed by atoms with Gasteiger partial charge < -0.3 is 20.9 Å². The van der Waals surface area contributed by atoms with E-state index in [1.165, 1.54) is 6.42 Å². The van der Waals surface area contributed by atoms with Gasteiger partial charge in [0.25, 0.3) is 5.91 Å². The van der Waals surface area contributed by atoms with Gasteiger partial charge in [-0.2, -0.15) is 0 Å². The molecular weight excluding hydrogens is 366 g/mol. The molecular formula is C22H29N5O2. The maximum Gasteiger partial charge on any atom is 0.251 e. The number of imidazole rings is 1. The van der Waals surface area contributed by atoms with Gasteiger partial charge in [0.15, 0.2) is 0 Å². The van der Waals surface area contributed by atoms with E-state index in [1.807, 2.05) is 10.8 Å². The van der Waals surface area contributed by atoms with Crippen LogP contribution in [0.2, 0.25) is 0 Å². The average Bonchev–Trinajstić information content (AvgIpc) is 3.21. The third-order valence-electron chi connectivity index (χ3n) is 6.24. The Bertz CT molecular complexity index is 837. The van der Waals surface area contributed by atoms with Crippen LogP contribution in [0.3, 0.4) is 0 Å². The lowest BCUT2D eigenvalue weighted by atomic mass is 9.67. The maximum absolute atomic E-state index is 12.9. The topological polar surface area (TPSA) is 102 Å². The zero-order chi connectivity index (χ0) is 20.2. The van der Waals surface area contributed by atoms with E-state index >= 15 is 0 Å². The van der Waals surface area contributed by atoms with Crippen LogP contribution in [-0.2, 0) is 11.3 Å². The number of anilines is 1. The fourth-order valence-corrected chi connectivity index (χ4v) is 4.87. The van der Waals surface area contributed by atoms with E-state index in [0.717, 1.165) is 25.7 Å². The van der Waals surface area contributed by atoms with Crippen molar-refractivity contribution in [3.05, 3.63) is 48.5 Å². The number of aryl methyl sites for hydroxylation is 1. The largest absolute Gasteiger partial charge is 0.349 e. The van der Waals surface area contributed by atoms with E-state index in [-0.39, 0.29) is 23.9 Å². The smallest absolute Gasteiger partial charge is 0.251 e. The molecule has 7 heteroatoms. The van der Waals surface area contributed by atoms with E-state index in [2.05, 4.69) is 15.6 Å². The van der Waals surface area contributed by atoms with Crippen molar-refractivity contribution in [2.24, 2.45) is 17.6 Å². The second kappa shape index (κ2) is 8.78. The molecule has 1 aromatic carbocycles. The van der Waals surface area contributed by atoms with E-state index in [0.29, 0.717) is 36.1 Å². The summed E-state index contributed by atoms with van der Waals surface area (Å²) in [5.41, 5.74) is 7.41. The summed E-state index contributed by atoms with van der Waals surface area (Å²) < 4.78 is 1.86. The second-order valence-electron chi connectivity index (χ2n) is 8.36. The van der Waals surface area contributed by atoms with Crippen molar-refractivity contribution < 1.29 is 9.59 Å². The van der Waals surface area contributed by atoms with Gasteiger partial charge >= 0.3 is 0 Å². The minimum Gasteiger partial charge on any atom is -0.349 e. The lowest BCUT2D eigenvalue weighted by Crippen LogP contribution is -2.53. The van der Waals surface area contributed by atoms with Crippen molar-refractivity contribution in [3.8, 4) is 0 Å². The molecule has 2 fully saturated rings. The molecule has 1 heterocycles. The quantitative estimate of drug-likeness (QED) is 0.699. The molecule has 1 aromatic heterocycles. The fourth-order valence-electron chi connectivity index (χ4n) is 4.87. The number of nitrogens with two attached hydrogens (primary N) is 1. The van der Waals surface area contributed by atoms with Crippen LogP contribution in [0.4, 0.5) is 5.69 Å². The highest BCUT2D eigenvalue weighted by Gasteiger charge is 2.39.